The van der Waals surface area contributed by atoms with Crippen molar-refractivity contribution in [2.45, 2.75) is 44.6 Å². The van der Waals surface area contributed by atoms with Crippen LogP contribution >= 0.6 is 0 Å². The molecular weight excluding hydrogens is 238 g/mol. The molecular formula is C15H27N3O. The highest BCUT2D eigenvalue weighted by Crippen LogP contribution is 2.24. The molecule has 1 N–H and O–H groups in total. The van der Waals surface area contributed by atoms with E-state index >= 15 is 0 Å². The number of nitrogens with one attached hydrogen (secondary N) is 1. The summed E-state index contributed by atoms with van der Waals surface area (Å²) in [5.41, 5.74) is 0. The van der Waals surface area contributed by atoms with E-state index in [0.717, 1.165) is 45.2 Å². The molecule has 0 saturated carbocycles. The van der Waals surface area contributed by atoms with Crippen molar-refractivity contribution in [2.75, 3.05) is 39.3 Å². The van der Waals surface area contributed by atoms with Gasteiger partial charge in [0.15, 0.2) is 0 Å². The Hall–Kier alpha value is -0.610. The Morgan fingerprint density at radius 3 is 2.42 bits per heavy atom. The minimum absolute atomic E-state index is 0.279. The van der Waals surface area contributed by atoms with Gasteiger partial charge in [-0.3, -0.25) is 9.69 Å². The fourth-order valence-corrected chi connectivity index (χ4v) is 3.91. The lowest BCUT2D eigenvalue weighted by atomic mass is 9.93. The van der Waals surface area contributed by atoms with Crippen LogP contribution in [0.1, 0.15) is 38.5 Å². The zero-order chi connectivity index (χ0) is 13.1. The number of carbonyl (C=O) groups is 1. The summed E-state index contributed by atoms with van der Waals surface area (Å²) in [6.07, 6.45) is 7.23. The molecule has 3 fully saturated rings. The lowest BCUT2D eigenvalue weighted by Gasteiger charge is -2.40. The largest absolute Gasteiger partial charge is 0.342 e. The summed E-state index contributed by atoms with van der Waals surface area (Å²) < 4.78 is 0. The summed E-state index contributed by atoms with van der Waals surface area (Å²) in [5, 5.41) is 3.43. The van der Waals surface area contributed by atoms with E-state index in [0.29, 0.717) is 5.91 Å². The van der Waals surface area contributed by atoms with E-state index in [1.54, 1.807) is 0 Å². The van der Waals surface area contributed by atoms with Crippen molar-refractivity contribution in [2.24, 2.45) is 5.92 Å². The third-order valence-electron chi connectivity index (χ3n) is 5.04. The Bertz CT molecular complexity index is 309. The van der Waals surface area contributed by atoms with Crippen molar-refractivity contribution in [1.29, 1.82) is 0 Å². The van der Waals surface area contributed by atoms with E-state index in [1.807, 2.05) is 0 Å². The van der Waals surface area contributed by atoms with Gasteiger partial charge >= 0.3 is 0 Å². The van der Waals surface area contributed by atoms with Crippen molar-refractivity contribution in [3.63, 3.8) is 0 Å². The summed E-state index contributed by atoms with van der Waals surface area (Å²) in [4.78, 5) is 17.2. The molecule has 0 aromatic rings. The first-order chi connectivity index (χ1) is 9.34. The lowest BCUT2D eigenvalue weighted by molar-refractivity contribution is -0.136. The maximum absolute atomic E-state index is 12.5. The predicted molar refractivity (Wildman–Crippen MR) is 76.0 cm³/mol. The first-order valence-corrected chi connectivity index (χ1v) is 8.08. The number of piperidine rings is 2. The summed E-state index contributed by atoms with van der Waals surface area (Å²) in [5.74, 6) is 0.720. The van der Waals surface area contributed by atoms with Gasteiger partial charge in [0.2, 0.25) is 5.91 Å². The number of nitrogens with zero attached hydrogens (tertiary/aromatic N) is 2. The van der Waals surface area contributed by atoms with Crippen LogP contribution in [0, 0.1) is 5.92 Å². The van der Waals surface area contributed by atoms with Crippen LogP contribution < -0.4 is 5.32 Å². The number of likely N-dealkylation sites (tertiary alicyclic amines) is 2. The van der Waals surface area contributed by atoms with Crippen molar-refractivity contribution < 1.29 is 4.79 Å². The summed E-state index contributed by atoms with van der Waals surface area (Å²) in [6.45, 7) is 6.51. The second-order valence-electron chi connectivity index (χ2n) is 6.35. The Morgan fingerprint density at radius 2 is 1.68 bits per heavy atom. The number of amides is 1. The monoisotopic (exact) mass is 265 g/mol. The average Bonchev–Trinajstić information content (AvgIpc) is 3.02. The molecule has 3 aliphatic heterocycles. The molecule has 0 radical (unpaired) electrons. The second-order valence-corrected chi connectivity index (χ2v) is 6.35. The fraction of sp³-hybridized carbons (Fsp3) is 0.933. The quantitative estimate of drug-likeness (QED) is 0.811. The second kappa shape index (κ2) is 6.23. The normalized spacial score (nSPS) is 30.7. The maximum Gasteiger partial charge on any atom is 0.226 e. The number of carbonyl (C=O) groups excluding carboxylic acids is 1. The molecule has 4 nitrogen and oxygen atoms in total. The van der Waals surface area contributed by atoms with Crippen LogP contribution in [-0.2, 0) is 4.79 Å². The van der Waals surface area contributed by atoms with E-state index in [2.05, 4.69) is 15.1 Å². The zero-order valence-electron chi connectivity index (χ0n) is 11.9. The number of hydrogen-bond acceptors (Lipinski definition) is 3. The van der Waals surface area contributed by atoms with Crippen LogP contribution in [0.25, 0.3) is 0 Å². The molecule has 1 atom stereocenters. The molecule has 108 valence electrons. The average molecular weight is 265 g/mol. The highest BCUT2D eigenvalue weighted by atomic mass is 16.2. The Morgan fingerprint density at radius 1 is 0.947 bits per heavy atom. The van der Waals surface area contributed by atoms with Crippen LogP contribution in [0.15, 0.2) is 0 Å². The van der Waals surface area contributed by atoms with Crippen molar-refractivity contribution in [1.82, 2.24) is 15.1 Å². The van der Waals surface area contributed by atoms with E-state index in [9.17, 15) is 4.79 Å². The molecule has 19 heavy (non-hydrogen) atoms. The lowest BCUT2D eigenvalue weighted by Crippen LogP contribution is -2.50. The van der Waals surface area contributed by atoms with Gasteiger partial charge in [0.25, 0.3) is 0 Å². The summed E-state index contributed by atoms with van der Waals surface area (Å²) in [7, 11) is 0. The van der Waals surface area contributed by atoms with E-state index in [1.165, 1.54) is 38.6 Å². The third kappa shape index (κ3) is 3.11. The van der Waals surface area contributed by atoms with Crippen LogP contribution in [0.4, 0.5) is 0 Å². The van der Waals surface area contributed by atoms with Gasteiger partial charge in [-0.2, -0.15) is 0 Å². The molecule has 0 aliphatic carbocycles. The van der Waals surface area contributed by atoms with Gasteiger partial charge in [-0.05, 0) is 58.2 Å². The number of hydrogen-bond donors (Lipinski definition) is 1. The van der Waals surface area contributed by atoms with Gasteiger partial charge in [0.1, 0.15) is 0 Å². The maximum atomic E-state index is 12.5. The number of rotatable bonds is 2. The first kappa shape index (κ1) is 13.4. The summed E-state index contributed by atoms with van der Waals surface area (Å²) in [6, 6.07) is 0.718. The minimum Gasteiger partial charge on any atom is -0.342 e. The van der Waals surface area contributed by atoms with Crippen molar-refractivity contribution >= 4 is 5.91 Å². The predicted octanol–water partition coefficient (Wildman–Crippen LogP) is 1.07. The van der Waals surface area contributed by atoms with E-state index < -0.39 is 0 Å². The molecule has 0 bridgehead atoms. The van der Waals surface area contributed by atoms with Crippen LogP contribution in [0.3, 0.4) is 0 Å². The Kier molecular flexibility index (Phi) is 4.38. The van der Waals surface area contributed by atoms with Crippen LogP contribution in [0.5, 0.6) is 0 Å². The molecule has 3 rings (SSSR count). The summed E-state index contributed by atoms with van der Waals surface area (Å²) >= 11 is 0. The fourth-order valence-electron chi connectivity index (χ4n) is 3.91. The van der Waals surface area contributed by atoms with Gasteiger partial charge in [-0.15, -0.1) is 0 Å². The van der Waals surface area contributed by atoms with Crippen molar-refractivity contribution in [3.05, 3.63) is 0 Å². The van der Waals surface area contributed by atoms with E-state index in [4.69, 9.17) is 0 Å². The molecule has 0 aromatic carbocycles. The topological polar surface area (TPSA) is 35.6 Å². The molecule has 4 heteroatoms. The minimum atomic E-state index is 0.279. The standard InChI is InChI=1S/C15H27N3O/c19-15(17-9-1-2-10-17)13-4-3-11-18(12-13)14-5-7-16-8-6-14/h13-14,16H,1-12H2/t13-/m0/s1. The molecule has 0 aromatic heterocycles. The first-order valence-electron chi connectivity index (χ1n) is 8.08. The smallest absolute Gasteiger partial charge is 0.226 e. The zero-order valence-corrected chi connectivity index (χ0v) is 11.9. The van der Waals surface area contributed by atoms with Gasteiger partial charge in [-0.25, -0.2) is 0 Å². The third-order valence-corrected chi connectivity index (χ3v) is 5.04. The van der Waals surface area contributed by atoms with E-state index in [-0.39, 0.29) is 5.92 Å². The Labute approximate surface area is 116 Å². The van der Waals surface area contributed by atoms with Gasteiger partial charge in [0.05, 0.1) is 5.92 Å². The highest BCUT2D eigenvalue weighted by molar-refractivity contribution is 5.79. The molecule has 3 heterocycles. The molecule has 3 aliphatic rings. The molecule has 0 unspecified atom stereocenters. The SMILES string of the molecule is O=C([C@H]1CCCN(C2CCNCC2)C1)N1CCCC1. The van der Waals surface area contributed by atoms with Gasteiger partial charge in [0, 0.05) is 25.7 Å². The molecule has 1 amide bonds. The van der Waals surface area contributed by atoms with Gasteiger partial charge < -0.3 is 10.2 Å². The van der Waals surface area contributed by atoms with Crippen molar-refractivity contribution in [3.8, 4) is 0 Å². The van der Waals surface area contributed by atoms with Crippen LogP contribution in [-0.4, -0.2) is 61.0 Å². The molecule has 0 spiro atoms. The van der Waals surface area contributed by atoms with Gasteiger partial charge in [-0.1, -0.05) is 0 Å². The molecule has 3 saturated heterocycles. The highest BCUT2D eigenvalue weighted by Gasteiger charge is 2.33. The Balaban J connectivity index is 1.56. The van der Waals surface area contributed by atoms with Crippen LogP contribution in [0.2, 0.25) is 0 Å².